The lowest BCUT2D eigenvalue weighted by Gasteiger charge is -2.22. The number of carboxylic acids is 1. The van der Waals surface area contributed by atoms with Crippen molar-refractivity contribution in [1.29, 1.82) is 0 Å². The summed E-state index contributed by atoms with van der Waals surface area (Å²) < 4.78 is 25.9. The Hall–Kier alpha value is -1.93. The van der Waals surface area contributed by atoms with Gasteiger partial charge in [-0.15, -0.1) is 0 Å². The number of sulfonamides is 1. The minimum absolute atomic E-state index is 0.0115. The van der Waals surface area contributed by atoms with Crippen LogP contribution >= 0.6 is 0 Å². The lowest BCUT2D eigenvalue weighted by atomic mass is 10.2. The Bertz CT molecular complexity index is 622. The molecule has 0 bridgehead atoms. The second kappa shape index (κ2) is 6.68. The molecular formula is C13H18N2O5S. The number of primary amides is 1. The van der Waals surface area contributed by atoms with Crippen molar-refractivity contribution in [2.45, 2.75) is 18.7 Å². The van der Waals surface area contributed by atoms with Gasteiger partial charge in [0.1, 0.15) is 0 Å². The Morgan fingerprint density at radius 2 is 1.76 bits per heavy atom. The molecule has 21 heavy (non-hydrogen) atoms. The SMILES string of the molecule is CC(C)CN(CC(N)=O)S(=O)(=O)c1ccc(C(=O)O)cc1. The number of hydrogen-bond donors (Lipinski definition) is 2. The number of nitrogens with two attached hydrogens (primary N) is 1. The second-order valence-electron chi connectivity index (χ2n) is 4.99. The molecule has 0 aliphatic carbocycles. The predicted molar refractivity (Wildman–Crippen MR) is 76.2 cm³/mol. The van der Waals surface area contributed by atoms with Gasteiger partial charge in [-0.1, -0.05) is 13.8 Å². The molecule has 3 N–H and O–H groups in total. The van der Waals surface area contributed by atoms with E-state index in [1.165, 1.54) is 24.3 Å². The van der Waals surface area contributed by atoms with Crippen LogP contribution in [0.2, 0.25) is 0 Å². The molecule has 0 saturated carbocycles. The van der Waals surface area contributed by atoms with Gasteiger partial charge in [0.05, 0.1) is 17.0 Å². The van der Waals surface area contributed by atoms with Crippen LogP contribution in [0, 0.1) is 5.92 Å². The van der Waals surface area contributed by atoms with Gasteiger partial charge >= 0.3 is 5.97 Å². The van der Waals surface area contributed by atoms with Gasteiger partial charge in [0.25, 0.3) is 0 Å². The first-order valence-corrected chi connectivity index (χ1v) is 7.70. The summed E-state index contributed by atoms with van der Waals surface area (Å²) in [7, 11) is -3.89. The molecule has 7 nitrogen and oxygen atoms in total. The van der Waals surface area contributed by atoms with Crippen molar-refractivity contribution in [2.75, 3.05) is 13.1 Å². The number of amides is 1. The maximum Gasteiger partial charge on any atom is 0.335 e. The van der Waals surface area contributed by atoms with Gasteiger partial charge in [-0.2, -0.15) is 4.31 Å². The Labute approximate surface area is 123 Å². The van der Waals surface area contributed by atoms with Crippen molar-refractivity contribution in [2.24, 2.45) is 11.7 Å². The summed E-state index contributed by atoms with van der Waals surface area (Å²) in [4.78, 5) is 21.7. The van der Waals surface area contributed by atoms with E-state index in [0.717, 1.165) is 4.31 Å². The number of carbonyl (C=O) groups excluding carboxylic acids is 1. The maximum absolute atomic E-state index is 12.5. The zero-order chi connectivity index (χ0) is 16.2. The molecule has 0 aliphatic rings. The first-order chi connectivity index (χ1) is 9.64. The van der Waals surface area contributed by atoms with Crippen LogP contribution in [0.5, 0.6) is 0 Å². The zero-order valence-electron chi connectivity index (χ0n) is 11.8. The van der Waals surface area contributed by atoms with E-state index in [1.54, 1.807) is 0 Å². The minimum Gasteiger partial charge on any atom is -0.478 e. The Kier molecular flexibility index (Phi) is 5.45. The summed E-state index contributed by atoms with van der Waals surface area (Å²) in [5, 5.41) is 8.80. The van der Waals surface area contributed by atoms with Crippen LogP contribution in [-0.4, -0.2) is 42.8 Å². The summed E-state index contributed by atoms with van der Waals surface area (Å²) >= 11 is 0. The molecule has 0 radical (unpaired) electrons. The Balaban J connectivity index is 3.15. The molecule has 8 heteroatoms. The molecule has 0 aliphatic heterocycles. The van der Waals surface area contributed by atoms with Crippen molar-refractivity contribution in [3.63, 3.8) is 0 Å². The van der Waals surface area contributed by atoms with E-state index >= 15 is 0 Å². The molecule has 0 spiro atoms. The number of hydrogen-bond acceptors (Lipinski definition) is 4. The quantitative estimate of drug-likeness (QED) is 0.760. The summed E-state index contributed by atoms with van der Waals surface area (Å²) in [6.45, 7) is 3.36. The number of carbonyl (C=O) groups is 2. The second-order valence-corrected chi connectivity index (χ2v) is 6.93. The standard InChI is InChI=1S/C13H18N2O5S/c1-9(2)7-15(8-12(14)16)21(19,20)11-5-3-10(4-6-11)13(17)18/h3-6,9H,7-8H2,1-2H3,(H2,14,16)(H,17,18). The summed E-state index contributed by atoms with van der Waals surface area (Å²) in [5.74, 6) is -1.88. The number of aromatic carboxylic acids is 1. The molecule has 0 heterocycles. The number of carboxylic acid groups (broad SMARTS) is 1. The van der Waals surface area contributed by atoms with E-state index in [-0.39, 0.29) is 22.9 Å². The van der Waals surface area contributed by atoms with Crippen LogP contribution in [0.25, 0.3) is 0 Å². The minimum atomic E-state index is -3.89. The van der Waals surface area contributed by atoms with Crippen LogP contribution < -0.4 is 5.73 Å². The van der Waals surface area contributed by atoms with Crippen molar-refractivity contribution in [3.8, 4) is 0 Å². The van der Waals surface area contributed by atoms with E-state index in [0.29, 0.717) is 0 Å². The highest BCUT2D eigenvalue weighted by atomic mass is 32.2. The van der Waals surface area contributed by atoms with Gasteiger partial charge in [0.2, 0.25) is 15.9 Å². The van der Waals surface area contributed by atoms with Crippen LogP contribution in [0.4, 0.5) is 0 Å². The summed E-state index contributed by atoms with van der Waals surface area (Å²) in [6, 6.07) is 4.81. The predicted octanol–water partition coefficient (Wildman–Crippen LogP) is 0.517. The molecule has 0 aromatic heterocycles. The summed E-state index contributed by atoms with van der Waals surface area (Å²) in [6.07, 6.45) is 0. The summed E-state index contributed by atoms with van der Waals surface area (Å²) in [5.41, 5.74) is 5.07. The largest absolute Gasteiger partial charge is 0.478 e. The topological polar surface area (TPSA) is 118 Å². The fraction of sp³-hybridized carbons (Fsp3) is 0.385. The third-order valence-corrected chi connectivity index (χ3v) is 4.47. The Morgan fingerprint density at radius 1 is 1.24 bits per heavy atom. The van der Waals surface area contributed by atoms with Gasteiger partial charge in [-0.05, 0) is 30.2 Å². The highest BCUT2D eigenvalue weighted by molar-refractivity contribution is 7.89. The average Bonchev–Trinajstić information content (AvgIpc) is 2.37. The normalized spacial score (nSPS) is 11.8. The lowest BCUT2D eigenvalue weighted by Crippen LogP contribution is -2.40. The van der Waals surface area contributed by atoms with E-state index < -0.39 is 28.4 Å². The van der Waals surface area contributed by atoms with E-state index in [2.05, 4.69) is 0 Å². The third kappa shape index (κ3) is 4.54. The smallest absolute Gasteiger partial charge is 0.335 e. The first kappa shape index (κ1) is 17.1. The van der Waals surface area contributed by atoms with Gasteiger partial charge in [0, 0.05) is 6.54 Å². The van der Waals surface area contributed by atoms with Crippen molar-refractivity contribution in [1.82, 2.24) is 4.31 Å². The van der Waals surface area contributed by atoms with Crippen molar-refractivity contribution < 1.29 is 23.1 Å². The lowest BCUT2D eigenvalue weighted by molar-refractivity contribution is -0.118. The van der Waals surface area contributed by atoms with Gasteiger partial charge in [0.15, 0.2) is 0 Å². The zero-order valence-corrected chi connectivity index (χ0v) is 12.6. The molecule has 1 amide bonds. The molecular weight excluding hydrogens is 296 g/mol. The number of benzene rings is 1. The maximum atomic E-state index is 12.5. The van der Waals surface area contributed by atoms with Gasteiger partial charge in [-0.25, -0.2) is 13.2 Å². The fourth-order valence-electron chi connectivity index (χ4n) is 1.75. The van der Waals surface area contributed by atoms with Gasteiger partial charge < -0.3 is 10.8 Å². The van der Waals surface area contributed by atoms with Crippen LogP contribution in [0.1, 0.15) is 24.2 Å². The average molecular weight is 314 g/mol. The molecule has 1 aromatic carbocycles. The van der Waals surface area contributed by atoms with E-state index in [1.807, 2.05) is 13.8 Å². The molecule has 0 unspecified atom stereocenters. The molecule has 1 aromatic rings. The van der Waals surface area contributed by atoms with Crippen LogP contribution in [0.3, 0.4) is 0 Å². The van der Waals surface area contributed by atoms with Gasteiger partial charge in [-0.3, -0.25) is 4.79 Å². The highest BCUT2D eigenvalue weighted by Gasteiger charge is 2.26. The van der Waals surface area contributed by atoms with E-state index in [4.69, 9.17) is 10.8 Å². The number of nitrogens with zero attached hydrogens (tertiary/aromatic N) is 1. The highest BCUT2D eigenvalue weighted by Crippen LogP contribution is 2.17. The molecule has 0 saturated heterocycles. The monoisotopic (exact) mass is 314 g/mol. The van der Waals surface area contributed by atoms with Crippen molar-refractivity contribution >= 4 is 21.9 Å². The fourth-order valence-corrected chi connectivity index (χ4v) is 3.32. The molecule has 1 rings (SSSR count). The molecule has 0 atom stereocenters. The number of rotatable bonds is 7. The molecule has 116 valence electrons. The molecule has 0 fully saturated rings. The van der Waals surface area contributed by atoms with Crippen LogP contribution in [0.15, 0.2) is 29.2 Å². The van der Waals surface area contributed by atoms with Crippen LogP contribution in [-0.2, 0) is 14.8 Å². The third-order valence-electron chi connectivity index (χ3n) is 2.64. The van der Waals surface area contributed by atoms with Crippen molar-refractivity contribution in [3.05, 3.63) is 29.8 Å². The Morgan fingerprint density at radius 3 is 2.14 bits per heavy atom. The van der Waals surface area contributed by atoms with E-state index in [9.17, 15) is 18.0 Å². The first-order valence-electron chi connectivity index (χ1n) is 6.26.